The van der Waals surface area contributed by atoms with Crippen LogP contribution in [0, 0.1) is 0 Å². The van der Waals surface area contributed by atoms with E-state index in [0.29, 0.717) is 0 Å². The second kappa shape index (κ2) is 11.4. The average molecular weight is 435 g/mol. The van der Waals surface area contributed by atoms with Gasteiger partial charge in [0.2, 0.25) is 0 Å². The highest BCUT2D eigenvalue weighted by Gasteiger charge is 2.16. The third kappa shape index (κ3) is 6.87. The third-order valence-corrected chi connectivity index (χ3v) is 6.45. The minimum atomic E-state index is 0.718. The van der Waals surface area contributed by atoms with Crippen LogP contribution in [0.2, 0.25) is 5.02 Å². The van der Waals surface area contributed by atoms with Crippen molar-refractivity contribution in [3.05, 3.63) is 45.4 Å². The molecular weight excluding hydrogens is 404 g/mol. The molecule has 0 atom stereocenters. The van der Waals surface area contributed by atoms with Crippen LogP contribution in [0.3, 0.4) is 0 Å². The van der Waals surface area contributed by atoms with Crippen LogP contribution < -0.4 is 15.5 Å². The molecule has 29 heavy (non-hydrogen) atoms. The first-order chi connectivity index (χ1) is 14.2. The normalized spacial score (nSPS) is 15.6. The minimum Gasteiger partial charge on any atom is -0.369 e. The number of aryl methyl sites for hydroxylation is 1. The summed E-state index contributed by atoms with van der Waals surface area (Å²) in [7, 11) is 1.81. The number of anilines is 1. The van der Waals surface area contributed by atoms with Crippen LogP contribution in [-0.2, 0) is 13.0 Å². The summed E-state index contributed by atoms with van der Waals surface area (Å²) in [6.45, 7) is 9.14. The van der Waals surface area contributed by atoms with Gasteiger partial charge in [0.25, 0.3) is 0 Å². The van der Waals surface area contributed by atoms with Crippen molar-refractivity contribution < 1.29 is 0 Å². The minimum absolute atomic E-state index is 0.718. The van der Waals surface area contributed by atoms with Crippen LogP contribution in [0.25, 0.3) is 0 Å². The van der Waals surface area contributed by atoms with Gasteiger partial charge in [-0.05, 0) is 37.6 Å². The zero-order valence-corrected chi connectivity index (χ0v) is 18.9. The molecule has 1 aliphatic heterocycles. The standard InChI is InChI=1S/C21H31ClN6S/c1-3-19-15-25-20(29-19)16-26-21(23-2)24-8-5-9-27-10-12-28(13-11-27)18-7-4-6-17(22)14-18/h4,6-7,14-15H,3,5,8-13,16H2,1-2H3,(H2,23,24,26). The molecule has 8 heteroatoms. The summed E-state index contributed by atoms with van der Waals surface area (Å²) in [5.74, 6) is 0.837. The van der Waals surface area contributed by atoms with E-state index in [1.807, 2.05) is 25.4 Å². The van der Waals surface area contributed by atoms with Crippen molar-refractivity contribution in [3.8, 4) is 0 Å². The maximum atomic E-state index is 6.12. The third-order valence-electron chi connectivity index (χ3n) is 5.07. The van der Waals surface area contributed by atoms with Crippen molar-refractivity contribution in [1.29, 1.82) is 0 Å². The number of guanidine groups is 1. The molecule has 0 aliphatic carbocycles. The lowest BCUT2D eigenvalue weighted by atomic mass is 10.2. The van der Waals surface area contributed by atoms with Gasteiger partial charge in [-0.3, -0.25) is 9.89 Å². The lowest BCUT2D eigenvalue weighted by Gasteiger charge is -2.36. The Kier molecular flexibility index (Phi) is 8.58. The van der Waals surface area contributed by atoms with Crippen LogP contribution in [0.1, 0.15) is 23.2 Å². The van der Waals surface area contributed by atoms with E-state index < -0.39 is 0 Å². The molecule has 0 radical (unpaired) electrons. The van der Waals surface area contributed by atoms with Gasteiger partial charge in [-0.2, -0.15) is 0 Å². The first-order valence-electron chi connectivity index (χ1n) is 10.3. The highest BCUT2D eigenvalue weighted by atomic mass is 35.5. The molecular formula is C21H31ClN6S. The van der Waals surface area contributed by atoms with E-state index in [-0.39, 0.29) is 0 Å². The maximum absolute atomic E-state index is 6.12. The summed E-state index contributed by atoms with van der Waals surface area (Å²) in [6, 6.07) is 8.14. The monoisotopic (exact) mass is 434 g/mol. The highest BCUT2D eigenvalue weighted by molar-refractivity contribution is 7.11. The molecule has 1 fully saturated rings. The predicted molar refractivity (Wildman–Crippen MR) is 124 cm³/mol. The number of halogens is 1. The molecule has 0 bridgehead atoms. The zero-order chi connectivity index (χ0) is 20.5. The summed E-state index contributed by atoms with van der Waals surface area (Å²) in [4.78, 5) is 15.0. The molecule has 0 spiro atoms. The van der Waals surface area contributed by atoms with Gasteiger partial charge in [-0.1, -0.05) is 24.6 Å². The lowest BCUT2D eigenvalue weighted by Crippen LogP contribution is -2.47. The second-order valence-corrected chi connectivity index (χ2v) is 8.72. The Labute approximate surface area is 183 Å². The average Bonchev–Trinajstić information content (AvgIpc) is 3.22. The SMILES string of the molecule is CCc1cnc(CNC(=NC)NCCCN2CCN(c3cccc(Cl)c3)CC2)s1. The Bertz CT molecular complexity index is 785. The number of hydrogen-bond acceptors (Lipinski definition) is 5. The van der Waals surface area contributed by atoms with Crippen LogP contribution in [0.5, 0.6) is 0 Å². The number of hydrogen-bond donors (Lipinski definition) is 2. The van der Waals surface area contributed by atoms with Gasteiger partial charge < -0.3 is 15.5 Å². The number of rotatable bonds is 8. The molecule has 3 rings (SSSR count). The van der Waals surface area contributed by atoms with E-state index in [2.05, 4.69) is 49.5 Å². The Hall–Kier alpha value is -1.83. The Balaban J connectivity index is 1.31. The summed E-state index contributed by atoms with van der Waals surface area (Å²) in [5.41, 5.74) is 1.22. The fourth-order valence-corrected chi connectivity index (χ4v) is 4.37. The van der Waals surface area contributed by atoms with Crippen molar-refractivity contribution in [3.63, 3.8) is 0 Å². The Morgan fingerprint density at radius 2 is 2.07 bits per heavy atom. The van der Waals surface area contributed by atoms with Crippen molar-refractivity contribution in [2.75, 3.05) is 51.2 Å². The van der Waals surface area contributed by atoms with E-state index in [1.165, 1.54) is 10.6 Å². The van der Waals surface area contributed by atoms with Gasteiger partial charge in [-0.15, -0.1) is 11.3 Å². The van der Waals surface area contributed by atoms with E-state index in [9.17, 15) is 0 Å². The summed E-state index contributed by atoms with van der Waals surface area (Å²) in [6.07, 6.45) is 4.09. The highest BCUT2D eigenvalue weighted by Crippen LogP contribution is 2.20. The largest absolute Gasteiger partial charge is 0.369 e. The van der Waals surface area contributed by atoms with E-state index in [1.54, 1.807) is 11.3 Å². The molecule has 0 saturated carbocycles. The van der Waals surface area contributed by atoms with Gasteiger partial charge in [-0.25, -0.2) is 4.98 Å². The molecule has 1 aliphatic rings. The first kappa shape index (κ1) is 21.9. The van der Waals surface area contributed by atoms with Gasteiger partial charge in [0.15, 0.2) is 5.96 Å². The molecule has 158 valence electrons. The summed E-state index contributed by atoms with van der Waals surface area (Å²) in [5, 5.41) is 8.65. The smallest absolute Gasteiger partial charge is 0.191 e. The number of aliphatic imine (C=N–C) groups is 1. The van der Waals surface area contributed by atoms with Gasteiger partial charge >= 0.3 is 0 Å². The number of thiazole rings is 1. The molecule has 2 aromatic rings. The summed E-state index contributed by atoms with van der Waals surface area (Å²) >= 11 is 7.88. The van der Waals surface area contributed by atoms with Crippen molar-refractivity contribution in [2.45, 2.75) is 26.3 Å². The van der Waals surface area contributed by atoms with Crippen molar-refractivity contribution >= 4 is 34.6 Å². The lowest BCUT2D eigenvalue weighted by molar-refractivity contribution is 0.255. The summed E-state index contributed by atoms with van der Waals surface area (Å²) < 4.78 is 0. The number of benzene rings is 1. The molecule has 0 unspecified atom stereocenters. The molecule has 1 aromatic carbocycles. The zero-order valence-electron chi connectivity index (χ0n) is 17.3. The van der Waals surface area contributed by atoms with Gasteiger partial charge in [0.05, 0.1) is 6.54 Å². The van der Waals surface area contributed by atoms with Crippen LogP contribution in [0.15, 0.2) is 35.5 Å². The molecule has 6 nitrogen and oxygen atoms in total. The second-order valence-electron chi connectivity index (χ2n) is 7.09. The van der Waals surface area contributed by atoms with Crippen molar-refractivity contribution in [2.24, 2.45) is 4.99 Å². The van der Waals surface area contributed by atoms with Crippen molar-refractivity contribution in [1.82, 2.24) is 20.5 Å². The fourth-order valence-electron chi connectivity index (χ4n) is 3.39. The molecule has 1 saturated heterocycles. The molecule has 0 amide bonds. The van der Waals surface area contributed by atoms with E-state index in [4.69, 9.17) is 11.6 Å². The van der Waals surface area contributed by atoms with E-state index >= 15 is 0 Å². The fraction of sp³-hybridized carbons (Fsp3) is 0.524. The predicted octanol–water partition coefficient (Wildman–Crippen LogP) is 3.24. The number of nitrogens with zero attached hydrogens (tertiary/aromatic N) is 4. The molecule has 2 N–H and O–H groups in total. The number of nitrogens with one attached hydrogen (secondary N) is 2. The quantitative estimate of drug-likeness (QED) is 0.379. The van der Waals surface area contributed by atoms with Gasteiger partial charge in [0.1, 0.15) is 5.01 Å². The maximum Gasteiger partial charge on any atom is 0.191 e. The van der Waals surface area contributed by atoms with Crippen LogP contribution in [-0.4, -0.2) is 62.2 Å². The van der Waals surface area contributed by atoms with Gasteiger partial charge in [0, 0.05) is 61.6 Å². The Morgan fingerprint density at radius 3 is 2.76 bits per heavy atom. The number of piperazine rings is 1. The molecule has 1 aromatic heterocycles. The number of aromatic nitrogens is 1. The van der Waals surface area contributed by atoms with Crippen LogP contribution in [0.4, 0.5) is 5.69 Å². The molecule has 2 heterocycles. The topological polar surface area (TPSA) is 55.8 Å². The first-order valence-corrected chi connectivity index (χ1v) is 11.5. The Morgan fingerprint density at radius 1 is 1.24 bits per heavy atom. The van der Waals surface area contributed by atoms with E-state index in [0.717, 1.165) is 74.6 Å². The van der Waals surface area contributed by atoms with Crippen LogP contribution >= 0.6 is 22.9 Å².